The van der Waals surface area contributed by atoms with E-state index in [1.807, 2.05) is 44.2 Å². The first kappa shape index (κ1) is 17.5. The molecule has 21 heavy (non-hydrogen) atoms. The summed E-state index contributed by atoms with van der Waals surface area (Å²) in [5.41, 5.74) is 1.02. The summed E-state index contributed by atoms with van der Waals surface area (Å²) in [7, 11) is 1.62. The SMILES string of the molecule is COC(CNC(=O)NCCC(O)C(C)C)c1ccccc1. The van der Waals surface area contributed by atoms with Crippen molar-refractivity contribution >= 4 is 6.03 Å². The summed E-state index contributed by atoms with van der Waals surface area (Å²) >= 11 is 0. The van der Waals surface area contributed by atoms with Gasteiger partial charge in [0.05, 0.1) is 12.2 Å². The summed E-state index contributed by atoms with van der Waals surface area (Å²) in [6, 6.07) is 9.50. The van der Waals surface area contributed by atoms with Gasteiger partial charge in [-0.1, -0.05) is 44.2 Å². The number of nitrogens with one attached hydrogen (secondary N) is 2. The number of urea groups is 1. The molecule has 3 N–H and O–H groups in total. The van der Waals surface area contributed by atoms with E-state index in [0.29, 0.717) is 19.5 Å². The summed E-state index contributed by atoms with van der Waals surface area (Å²) in [4.78, 5) is 11.7. The molecular formula is C16H26N2O3. The molecule has 5 heteroatoms. The lowest BCUT2D eigenvalue weighted by Gasteiger charge is -2.18. The van der Waals surface area contributed by atoms with Crippen LogP contribution >= 0.6 is 0 Å². The van der Waals surface area contributed by atoms with E-state index in [1.165, 1.54) is 0 Å². The molecule has 0 saturated heterocycles. The van der Waals surface area contributed by atoms with Gasteiger partial charge in [0.15, 0.2) is 0 Å². The molecule has 1 aromatic carbocycles. The fourth-order valence-electron chi connectivity index (χ4n) is 1.92. The number of ether oxygens (including phenoxy) is 1. The molecule has 118 valence electrons. The minimum atomic E-state index is -0.388. The van der Waals surface area contributed by atoms with Crippen molar-refractivity contribution in [3.05, 3.63) is 35.9 Å². The molecule has 2 atom stereocenters. The van der Waals surface area contributed by atoms with E-state index in [0.717, 1.165) is 5.56 Å². The Bertz CT molecular complexity index is 409. The number of amides is 2. The summed E-state index contributed by atoms with van der Waals surface area (Å²) in [6.45, 7) is 4.76. The van der Waals surface area contributed by atoms with Crippen molar-refractivity contribution < 1.29 is 14.6 Å². The minimum absolute atomic E-state index is 0.168. The maximum atomic E-state index is 11.7. The molecule has 5 nitrogen and oxygen atoms in total. The molecule has 0 fully saturated rings. The third-order valence-corrected chi connectivity index (χ3v) is 3.40. The Morgan fingerprint density at radius 1 is 1.24 bits per heavy atom. The molecule has 2 unspecified atom stereocenters. The molecule has 0 spiro atoms. The summed E-state index contributed by atoms with van der Waals surface area (Å²) in [6.07, 6.45) is -0.00292. The van der Waals surface area contributed by atoms with Crippen molar-refractivity contribution in [2.45, 2.75) is 32.5 Å². The second-order valence-corrected chi connectivity index (χ2v) is 5.37. The van der Waals surface area contributed by atoms with E-state index >= 15 is 0 Å². The van der Waals surface area contributed by atoms with Crippen LogP contribution in [-0.4, -0.2) is 37.4 Å². The third kappa shape index (κ3) is 6.60. The minimum Gasteiger partial charge on any atom is -0.393 e. The molecule has 0 heterocycles. The third-order valence-electron chi connectivity index (χ3n) is 3.40. The number of rotatable bonds is 8. The number of carbonyl (C=O) groups excluding carboxylic acids is 1. The highest BCUT2D eigenvalue weighted by atomic mass is 16.5. The number of hydrogen-bond acceptors (Lipinski definition) is 3. The zero-order valence-electron chi connectivity index (χ0n) is 13.0. The smallest absolute Gasteiger partial charge is 0.314 e. The Hall–Kier alpha value is -1.59. The molecule has 1 rings (SSSR count). The van der Waals surface area contributed by atoms with Crippen LogP contribution in [0.25, 0.3) is 0 Å². The Labute approximate surface area is 126 Å². The predicted octanol–water partition coefficient (Wildman–Crippen LogP) is 2.08. The van der Waals surface area contributed by atoms with Crippen LogP contribution in [0.15, 0.2) is 30.3 Å². The van der Waals surface area contributed by atoms with E-state index in [9.17, 15) is 9.90 Å². The first-order chi connectivity index (χ1) is 10.0. The van der Waals surface area contributed by atoms with Gasteiger partial charge in [0.25, 0.3) is 0 Å². The van der Waals surface area contributed by atoms with Crippen molar-refractivity contribution in [3.63, 3.8) is 0 Å². The maximum Gasteiger partial charge on any atom is 0.314 e. The summed E-state index contributed by atoms with van der Waals surface area (Å²) in [5, 5.41) is 15.2. The van der Waals surface area contributed by atoms with Gasteiger partial charge in [-0.05, 0) is 17.9 Å². The number of carbonyl (C=O) groups is 1. The Morgan fingerprint density at radius 2 is 1.90 bits per heavy atom. The highest BCUT2D eigenvalue weighted by Gasteiger charge is 2.12. The van der Waals surface area contributed by atoms with Gasteiger partial charge in [-0.25, -0.2) is 4.79 Å². The number of hydrogen-bond donors (Lipinski definition) is 3. The lowest BCUT2D eigenvalue weighted by Crippen LogP contribution is -2.39. The van der Waals surface area contributed by atoms with Crippen molar-refractivity contribution in [1.82, 2.24) is 10.6 Å². The zero-order valence-corrected chi connectivity index (χ0v) is 13.0. The highest BCUT2D eigenvalue weighted by Crippen LogP contribution is 2.14. The quantitative estimate of drug-likeness (QED) is 0.687. The fourth-order valence-corrected chi connectivity index (χ4v) is 1.92. The first-order valence-electron chi connectivity index (χ1n) is 7.32. The van der Waals surface area contributed by atoms with Gasteiger partial charge in [-0.2, -0.15) is 0 Å². The van der Waals surface area contributed by atoms with E-state index < -0.39 is 0 Å². The Morgan fingerprint density at radius 3 is 2.48 bits per heavy atom. The molecule has 1 aromatic rings. The molecule has 0 aliphatic heterocycles. The van der Waals surface area contributed by atoms with Gasteiger partial charge in [-0.3, -0.25) is 0 Å². The molecule has 0 saturated carbocycles. The van der Waals surface area contributed by atoms with Gasteiger partial charge in [0, 0.05) is 20.2 Å². The van der Waals surface area contributed by atoms with Crippen LogP contribution in [0.2, 0.25) is 0 Å². The first-order valence-corrected chi connectivity index (χ1v) is 7.32. The molecular weight excluding hydrogens is 268 g/mol. The lowest BCUT2D eigenvalue weighted by molar-refractivity contribution is 0.103. The van der Waals surface area contributed by atoms with Crippen molar-refractivity contribution in [2.75, 3.05) is 20.2 Å². The van der Waals surface area contributed by atoms with Gasteiger partial charge >= 0.3 is 6.03 Å². The second-order valence-electron chi connectivity index (χ2n) is 5.37. The normalized spacial score (nSPS) is 13.8. The monoisotopic (exact) mass is 294 g/mol. The maximum absolute atomic E-state index is 11.7. The summed E-state index contributed by atoms with van der Waals surface area (Å²) < 4.78 is 5.38. The lowest BCUT2D eigenvalue weighted by atomic mass is 10.0. The second kappa shape index (κ2) is 9.37. The van der Waals surface area contributed by atoms with Crippen molar-refractivity contribution in [3.8, 4) is 0 Å². The van der Waals surface area contributed by atoms with Gasteiger partial charge < -0.3 is 20.5 Å². The molecule has 0 aromatic heterocycles. The molecule has 2 amide bonds. The molecule has 0 bridgehead atoms. The average Bonchev–Trinajstić information content (AvgIpc) is 2.48. The van der Waals surface area contributed by atoms with E-state index in [1.54, 1.807) is 7.11 Å². The van der Waals surface area contributed by atoms with E-state index in [-0.39, 0.29) is 24.2 Å². The van der Waals surface area contributed by atoms with Crippen LogP contribution in [0.3, 0.4) is 0 Å². The number of aliphatic hydroxyl groups is 1. The standard InChI is InChI=1S/C16H26N2O3/c1-12(2)14(19)9-10-17-16(20)18-11-15(21-3)13-7-5-4-6-8-13/h4-8,12,14-15,19H,9-11H2,1-3H3,(H2,17,18,20). The number of benzene rings is 1. The summed E-state index contributed by atoms with van der Waals surface area (Å²) in [5.74, 6) is 0.200. The van der Waals surface area contributed by atoms with Gasteiger partial charge in [0.1, 0.15) is 0 Å². The number of methoxy groups -OCH3 is 1. The van der Waals surface area contributed by atoms with E-state index in [2.05, 4.69) is 10.6 Å². The van der Waals surface area contributed by atoms with Crippen molar-refractivity contribution in [2.24, 2.45) is 5.92 Å². The van der Waals surface area contributed by atoms with Crippen LogP contribution in [0.4, 0.5) is 4.79 Å². The van der Waals surface area contributed by atoms with Gasteiger partial charge in [-0.15, -0.1) is 0 Å². The van der Waals surface area contributed by atoms with Crippen LogP contribution in [0, 0.1) is 5.92 Å². The predicted molar refractivity (Wildman–Crippen MR) is 83.1 cm³/mol. The van der Waals surface area contributed by atoms with Crippen LogP contribution in [0.1, 0.15) is 31.9 Å². The molecule has 0 aliphatic rings. The average molecular weight is 294 g/mol. The van der Waals surface area contributed by atoms with Crippen LogP contribution < -0.4 is 10.6 Å². The molecule has 0 aliphatic carbocycles. The molecule has 0 radical (unpaired) electrons. The van der Waals surface area contributed by atoms with Crippen LogP contribution in [0.5, 0.6) is 0 Å². The topological polar surface area (TPSA) is 70.6 Å². The Kier molecular flexibility index (Phi) is 7.79. The van der Waals surface area contributed by atoms with E-state index in [4.69, 9.17) is 4.74 Å². The zero-order chi connectivity index (χ0) is 15.7. The van der Waals surface area contributed by atoms with Crippen molar-refractivity contribution in [1.29, 1.82) is 0 Å². The van der Waals surface area contributed by atoms with Crippen LogP contribution in [-0.2, 0) is 4.74 Å². The number of aliphatic hydroxyl groups excluding tert-OH is 1. The van der Waals surface area contributed by atoms with Gasteiger partial charge in [0.2, 0.25) is 0 Å². The fraction of sp³-hybridized carbons (Fsp3) is 0.562. The Balaban J connectivity index is 2.28. The highest BCUT2D eigenvalue weighted by molar-refractivity contribution is 5.73. The largest absolute Gasteiger partial charge is 0.393 e.